The van der Waals surface area contributed by atoms with Gasteiger partial charge in [-0.15, -0.1) is 0 Å². The molecule has 3 unspecified atom stereocenters. The number of carbonyl (C=O) groups is 3. The van der Waals surface area contributed by atoms with Crippen LogP contribution in [-0.4, -0.2) is 58.7 Å². The number of rotatable bonds is 13. The zero-order valence-corrected chi connectivity index (χ0v) is 17.1. The number of thioether (sulfide) groups is 1. The second kappa shape index (κ2) is 11.4. The number of ether oxygens (including phenoxy) is 2. The molecule has 150 valence electrons. The lowest BCUT2D eigenvalue weighted by atomic mass is 10.0. The van der Waals surface area contributed by atoms with Gasteiger partial charge in [-0.2, -0.15) is 11.8 Å². The van der Waals surface area contributed by atoms with Crippen LogP contribution >= 0.6 is 11.8 Å². The Morgan fingerprint density at radius 1 is 1.23 bits per heavy atom. The van der Waals surface area contributed by atoms with E-state index in [9.17, 15) is 14.4 Å². The third kappa shape index (κ3) is 9.94. The van der Waals surface area contributed by atoms with Crippen molar-refractivity contribution in [1.82, 2.24) is 0 Å². The van der Waals surface area contributed by atoms with E-state index in [0.717, 1.165) is 0 Å². The van der Waals surface area contributed by atoms with Crippen LogP contribution in [0.4, 0.5) is 0 Å². The van der Waals surface area contributed by atoms with Crippen LogP contribution in [0.15, 0.2) is 12.2 Å². The molecule has 0 aromatic heterocycles. The van der Waals surface area contributed by atoms with Gasteiger partial charge in [0.05, 0.1) is 6.61 Å². The van der Waals surface area contributed by atoms with Gasteiger partial charge in [-0.05, 0) is 27.7 Å². The largest absolute Gasteiger partial charge is 0.480 e. The fourth-order valence-corrected chi connectivity index (χ4v) is 2.93. The predicted octanol–water partition coefficient (Wildman–Crippen LogP) is 2.03. The normalized spacial score (nSPS) is 15.0. The molecular formula is C18H31NO6S. The number of carboxylic acids is 1. The van der Waals surface area contributed by atoms with Crippen LogP contribution in [0.5, 0.6) is 0 Å². The van der Waals surface area contributed by atoms with Crippen LogP contribution in [0, 0.1) is 5.92 Å². The summed E-state index contributed by atoms with van der Waals surface area (Å²) in [6, 6.07) is -0.930. The van der Waals surface area contributed by atoms with E-state index < -0.39 is 29.7 Å². The topological polar surface area (TPSA) is 116 Å². The lowest BCUT2D eigenvalue weighted by molar-refractivity contribution is -0.154. The molecule has 0 aliphatic heterocycles. The van der Waals surface area contributed by atoms with Gasteiger partial charge in [-0.3, -0.25) is 9.59 Å². The molecule has 0 aliphatic rings. The number of carboxylic acid groups (broad SMARTS) is 1. The molecule has 0 aromatic carbocycles. The van der Waals surface area contributed by atoms with Crippen LogP contribution in [-0.2, 0) is 23.9 Å². The van der Waals surface area contributed by atoms with Gasteiger partial charge in [0.15, 0.2) is 5.78 Å². The molecule has 0 aliphatic carbocycles. The van der Waals surface area contributed by atoms with Gasteiger partial charge >= 0.3 is 11.9 Å². The van der Waals surface area contributed by atoms with E-state index in [0.29, 0.717) is 17.7 Å². The summed E-state index contributed by atoms with van der Waals surface area (Å²) < 4.78 is 10.9. The number of Topliss-reactive ketones (excluding diaryl/α,β-unsaturated/α-hetero) is 1. The summed E-state index contributed by atoms with van der Waals surface area (Å²) >= 11 is 1.33. The molecule has 0 radical (unpaired) electrons. The first kappa shape index (κ1) is 24.6. The fraction of sp³-hybridized carbons (Fsp3) is 0.722. The Balaban J connectivity index is 4.23. The molecule has 0 fully saturated rings. The fourth-order valence-electron chi connectivity index (χ4n) is 1.88. The lowest BCUT2D eigenvalue weighted by Crippen LogP contribution is -2.34. The van der Waals surface area contributed by atoms with E-state index in [-0.39, 0.29) is 24.1 Å². The highest BCUT2D eigenvalue weighted by molar-refractivity contribution is 7.99. The van der Waals surface area contributed by atoms with Crippen molar-refractivity contribution in [3.05, 3.63) is 12.2 Å². The van der Waals surface area contributed by atoms with Crippen molar-refractivity contribution >= 4 is 29.5 Å². The van der Waals surface area contributed by atoms with Crippen molar-refractivity contribution < 1.29 is 29.0 Å². The van der Waals surface area contributed by atoms with Crippen molar-refractivity contribution in [2.24, 2.45) is 11.7 Å². The lowest BCUT2D eigenvalue weighted by Gasteiger charge is -2.26. The average Bonchev–Trinajstić information content (AvgIpc) is 2.52. The summed E-state index contributed by atoms with van der Waals surface area (Å²) in [5, 5.41) is 8.73. The molecule has 3 N–H and O–H groups in total. The van der Waals surface area contributed by atoms with Gasteiger partial charge in [0, 0.05) is 29.4 Å². The maximum absolute atomic E-state index is 12.3. The Morgan fingerprint density at radius 2 is 1.81 bits per heavy atom. The van der Waals surface area contributed by atoms with Crippen LogP contribution in [0.3, 0.4) is 0 Å². The molecule has 0 spiro atoms. The van der Waals surface area contributed by atoms with Crippen molar-refractivity contribution in [3.63, 3.8) is 0 Å². The highest BCUT2D eigenvalue weighted by atomic mass is 32.2. The van der Waals surface area contributed by atoms with Crippen molar-refractivity contribution in [3.8, 4) is 0 Å². The number of nitrogens with two attached hydrogens (primary N) is 1. The second-order valence-electron chi connectivity index (χ2n) is 6.98. The van der Waals surface area contributed by atoms with Gasteiger partial charge in [0.25, 0.3) is 0 Å². The molecule has 0 saturated carbocycles. The molecule has 0 rings (SSSR count). The summed E-state index contributed by atoms with van der Waals surface area (Å²) in [6.07, 6.45) is -0.147. The third-order valence-corrected chi connectivity index (χ3v) is 4.99. The minimum atomic E-state index is -1.05. The van der Waals surface area contributed by atoms with E-state index in [1.807, 2.05) is 0 Å². The Kier molecular flexibility index (Phi) is 10.8. The zero-order valence-electron chi connectivity index (χ0n) is 16.2. The number of ketones is 1. The summed E-state index contributed by atoms with van der Waals surface area (Å²) in [6.45, 7) is 12.4. The molecule has 26 heavy (non-hydrogen) atoms. The van der Waals surface area contributed by atoms with E-state index in [1.54, 1.807) is 34.6 Å². The van der Waals surface area contributed by atoms with Crippen molar-refractivity contribution in [2.45, 2.75) is 58.8 Å². The third-order valence-electron chi connectivity index (χ3n) is 3.66. The smallest absolute Gasteiger partial charge is 0.333 e. The molecule has 7 nitrogen and oxygen atoms in total. The Morgan fingerprint density at radius 3 is 2.31 bits per heavy atom. The number of hydrogen-bond acceptors (Lipinski definition) is 7. The predicted molar refractivity (Wildman–Crippen MR) is 102 cm³/mol. The van der Waals surface area contributed by atoms with Gasteiger partial charge in [-0.25, -0.2) is 4.79 Å². The zero-order chi connectivity index (χ0) is 20.5. The van der Waals surface area contributed by atoms with Crippen molar-refractivity contribution in [1.29, 1.82) is 0 Å². The SMILES string of the molecule is C=C(C)C(=O)OC(C)(C)CCOC(C)C(=O)C(C)CSCC(N)C(=O)O. The van der Waals surface area contributed by atoms with Crippen LogP contribution in [0.25, 0.3) is 0 Å². The number of hydrogen-bond donors (Lipinski definition) is 2. The number of aliphatic carboxylic acids is 1. The molecule has 0 bridgehead atoms. The van der Waals surface area contributed by atoms with Gasteiger partial charge in [0.2, 0.25) is 0 Å². The summed E-state index contributed by atoms with van der Waals surface area (Å²) in [4.78, 5) is 34.5. The number of esters is 1. The van der Waals surface area contributed by atoms with E-state index in [1.165, 1.54) is 11.8 Å². The monoisotopic (exact) mass is 389 g/mol. The molecule has 0 aromatic rings. The summed E-state index contributed by atoms with van der Waals surface area (Å²) in [5.41, 5.74) is 5.04. The van der Waals surface area contributed by atoms with Crippen LogP contribution in [0.1, 0.15) is 41.0 Å². The highest BCUT2D eigenvalue weighted by Gasteiger charge is 2.25. The molecule has 8 heteroatoms. The van der Waals surface area contributed by atoms with Gasteiger partial charge in [0.1, 0.15) is 17.7 Å². The van der Waals surface area contributed by atoms with E-state index in [4.69, 9.17) is 20.3 Å². The minimum Gasteiger partial charge on any atom is -0.480 e. The average molecular weight is 390 g/mol. The van der Waals surface area contributed by atoms with Crippen LogP contribution in [0.2, 0.25) is 0 Å². The molecule has 3 atom stereocenters. The standard InChI is InChI=1S/C18H31NO6S/c1-11(2)17(23)25-18(5,6)7-8-24-13(4)15(20)12(3)9-26-10-14(19)16(21)22/h12-14H,1,7-10,19H2,2-6H3,(H,21,22). The first-order chi connectivity index (χ1) is 11.9. The quantitative estimate of drug-likeness (QED) is 0.363. The van der Waals surface area contributed by atoms with E-state index in [2.05, 4.69) is 6.58 Å². The van der Waals surface area contributed by atoms with Crippen molar-refractivity contribution in [2.75, 3.05) is 18.1 Å². The maximum Gasteiger partial charge on any atom is 0.333 e. The molecule has 0 heterocycles. The Labute approximate surface area is 159 Å². The first-order valence-corrected chi connectivity index (χ1v) is 9.63. The highest BCUT2D eigenvalue weighted by Crippen LogP contribution is 2.18. The maximum atomic E-state index is 12.3. The van der Waals surface area contributed by atoms with Gasteiger partial charge < -0.3 is 20.3 Å². The second-order valence-corrected chi connectivity index (χ2v) is 8.05. The first-order valence-electron chi connectivity index (χ1n) is 8.47. The molecule has 0 saturated heterocycles. The van der Waals surface area contributed by atoms with Gasteiger partial charge in [-0.1, -0.05) is 13.5 Å². The summed E-state index contributed by atoms with van der Waals surface area (Å²) in [7, 11) is 0. The van der Waals surface area contributed by atoms with Crippen LogP contribution < -0.4 is 5.73 Å². The Bertz CT molecular complexity index is 520. The Hall–Kier alpha value is -1.38. The minimum absolute atomic E-state index is 0.0573. The molecule has 0 amide bonds. The van der Waals surface area contributed by atoms with E-state index >= 15 is 0 Å². The summed E-state index contributed by atoms with van der Waals surface area (Å²) in [5.74, 6) is -1.10. The number of carbonyl (C=O) groups excluding carboxylic acids is 2. The molecular weight excluding hydrogens is 358 g/mol.